The van der Waals surface area contributed by atoms with Crippen LogP contribution >= 0.6 is 0 Å². The van der Waals surface area contributed by atoms with Gasteiger partial charge in [0, 0.05) is 13.2 Å². The zero-order valence-corrected chi connectivity index (χ0v) is 13.8. The minimum atomic E-state index is -0.656. The van der Waals surface area contributed by atoms with Gasteiger partial charge in [0.1, 0.15) is 0 Å². The SMILES string of the molecule is Cc1ccc(C(C)(C)C(=O)NCC(O)COCC2CC2)cc1. The molecule has 122 valence electrons. The summed E-state index contributed by atoms with van der Waals surface area (Å²) in [5, 5.41) is 12.7. The summed E-state index contributed by atoms with van der Waals surface area (Å²) >= 11 is 0. The third-order valence-electron chi connectivity index (χ3n) is 4.20. The van der Waals surface area contributed by atoms with Crippen molar-refractivity contribution in [1.82, 2.24) is 5.32 Å². The second-order valence-electron chi connectivity index (χ2n) is 6.84. The van der Waals surface area contributed by atoms with Gasteiger partial charge in [0.15, 0.2) is 0 Å². The molecule has 4 heteroatoms. The fourth-order valence-electron chi connectivity index (χ4n) is 2.25. The summed E-state index contributed by atoms with van der Waals surface area (Å²) in [5.74, 6) is 0.597. The molecular formula is C18H27NO3. The van der Waals surface area contributed by atoms with Crippen molar-refractivity contribution >= 4 is 5.91 Å². The molecule has 1 aliphatic rings. The van der Waals surface area contributed by atoms with Crippen LogP contribution in [0.2, 0.25) is 0 Å². The van der Waals surface area contributed by atoms with Crippen molar-refractivity contribution in [3.05, 3.63) is 35.4 Å². The van der Waals surface area contributed by atoms with E-state index in [0.717, 1.165) is 12.2 Å². The molecule has 0 aliphatic heterocycles. The topological polar surface area (TPSA) is 58.6 Å². The van der Waals surface area contributed by atoms with Crippen LogP contribution in [0.25, 0.3) is 0 Å². The number of ether oxygens (including phenoxy) is 1. The number of aryl methyl sites for hydroxylation is 1. The quantitative estimate of drug-likeness (QED) is 0.774. The molecule has 1 atom stereocenters. The van der Waals surface area contributed by atoms with Crippen LogP contribution < -0.4 is 5.32 Å². The van der Waals surface area contributed by atoms with Crippen molar-refractivity contribution in [3.63, 3.8) is 0 Å². The number of aliphatic hydroxyl groups is 1. The summed E-state index contributed by atoms with van der Waals surface area (Å²) in [5.41, 5.74) is 1.51. The highest BCUT2D eigenvalue weighted by Gasteiger charge is 2.29. The number of nitrogens with one attached hydrogen (secondary N) is 1. The molecule has 0 bridgehead atoms. The Morgan fingerprint density at radius 1 is 1.36 bits per heavy atom. The molecule has 22 heavy (non-hydrogen) atoms. The highest BCUT2D eigenvalue weighted by Crippen LogP contribution is 2.28. The van der Waals surface area contributed by atoms with Gasteiger partial charge in [-0.05, 0) is 45.1 Å². The van der Waals surface area contributed by atoms with Crippen molar-refractivity contribution in [3.8, 4) is 0 Å². The first-order valence-corrected chi connectivity index (χ1v) is 8.01. The van der Waals surface area contributed by atoms with E-state index in [2.05, 4.69) is 5.32 Å². The first-order valence-electron chi connectivity index (χ1n) is 8.01. The molecule has 0 heterocycles. The molecular weight excluding hydrogens is 278 g/mol. The Morgan fingerprint density at radius 2 is 2.00 bits per heavy atom. The van der Waals surface area contributed by atoms with Crippen LogP contribution in [0.3, 0.4) is 0 Å². The smallest absolute Gasteiger partial charge is 0.230 e. The van der Waals surface area contributed by atoms with Crippen LogP contribution in [-0.2, 0) is 14.9 Å². The lowest BCUT2D eigenvalue weighted by Crippen LogP contribution is -2.44. The molecule has 2 N–H and O–H groups in total. The first kappa shape index (κ1) is 17.0. The van der Waals surface area contributed by atoms with Gasteiger partial charge in [-0.2, -0.15) is 0 Å². The average Bonchev–Trinajstić information content (AvgIpc) is 3.29. The molecule has 0 aromatic heterocycles. The van der Waals surface area contributed by atoms with Crippen LogP contribution in [0.1, 0.15) is 37.8 Å². The first-order chi connectivity index (χ1) is 10.4. The van der Waals surface area contributed by atoms with E-state index in [9.17, 15) is 9.90 Å². The number of rotatable bonds is 8. The molecule has 1 saturated carbocycles. The van der Waals surface area contributed by atoms with E-state index in [1.54, 1.807) is 0 Å². The third kappa shape index (κ3) is 4.82. The van der Waals surface area contributed by atoms with Gasteiger partial charge in [-0.25, -0.2) is 0 Å². The van der Waals surface area contributed by atoms with E-state index in [-0.39, 0.29) is 19.1 Å². The number of carbonyl (C=O) groups excluding carboxylic acids is 1. The van der Waals surface area contributed by atoms with Crippen molar-refractivity contribution in [2.24, 2.45) is 5.92 Å². The number of benzene rings is 1. The molecule has 1 amide bonds. The van der Waals surface area contributed by atoms with Gasteiger partial charge in [0.05, 0.1) is 18.1 Å². The maximum absolute atomic E-state index is 12.4. The number of hydrogen-bond donors (Lipinski definition) is 2. The summed E-state index contributed by atoms with van der Waals surface area (Å²) in [6.07, 6.45) is 1.81. The van der Waals surface area contributed by atoms with Gasteiger partial charge in [-0.15, -0.1) is 0 Å². The average molecular weight is 305 g/mol. The van der Waals surface area contributed by atoms with Gasteiger partial charge in [-0.1, -0.05) is 29.8 Å². The van der Waals surface area contributed by atoms with Gasteiger partial charge in [-0.3, -0.25) is 4.79 Å². The van der Waals surface area contributed by atoms with Crippen molar-refractivity contribution in [2.45, 2.75) is 45.1 Å². The lowest BCUT2D eigenvalue weighted by atomic mass is 9.83. The molecule has 1 aromatic rings. The fraction of sp³-hybridized carbons (Fsp3) is 0.611. The predicted octanol–water partition coefficient (Wildman–Crippen LogP) is 2.18. The van der Waals surface area contributed by atoms with E-state index >= 15 is 0 Å². The number of aliphatic hydroxyl groups excluding tert-OH is 1. The molecule has 1 aromatic carbocycles. The zero-order valence-electron chi connectivity index (χ0n) is 13.8. The standard InChI is InChI=1S/C18H27NO3/c1-13-4-8-15(9-5-13)18(2,3)17(21)19-10-16(20)12-22-11-14-6-7-14/h4-5,8-9,14,16,20H,6-7,10-12H2,1-3H3,(H,19,21). The van der Waals surface area contributed by atoms with Crippen LogP contribution in [-0.4, -0.2) is 36.9 Å². The Morgan fingerprint density at radius 3 is 2.59 bits per heavy atom. The summed E-state index contributed by atoms with van der Waals surface area (Å²) in [4.78, 5) is 12.4. The molecule has 1 unspecified atom stereocenters. The molecule has 0 spiro atoms. The Labute approximate surface area is 132 Å². The lowest BCUT2D eigenvalue weighted by molar-refractivity contribution is -0.126. The van der Waals surface area contributed by atoms with Crippen molar-refractivity contribution in [2.75, 3.05) is 19.8 Å². The summed E-state index contributed by atoms with van der Waals surface area (Å²) in [6.45, 7) is 7.03. The van der Waals surface area contributed by atoms with E-state index in [0.29, 0.717) is 5.92 Å². The highest BCUT2D eigenvalue weighted by atomic mass is 16.5. The summed E-state index contributed by atoms with van der Waals surface area (Å²) in [7, 11) is 0. The van der Waals surface area contributed by atoms with E-state index in [4.69, 9.17) is 4.74 Å². The Kier molecular flexibility index (Phi) is 5.59. The maximum atomic E-state index is 12.4. The van der Waals surface area contributed by atoms with E-state index in [1.807, 2.05) is 45.0 Å². The van der Waals surface area contributed by atoms with Crippen LogP contribution in [0.5, 0.6) is 0 Å². The van der Waals surface area contributed by atoms with E-state index in [1.165, 1.54) is 18.4 Å². The minimum absolute atomic E-state index is 0.0856. The molecule has 0 saturated heterocycles. The molecule has 4 nitrogen and oxygen atoms in total. The molecule has 0 radical (unpaired) electrons. The van der Waals surface area contributed by atoms with Crippen molar-refractivity contribution in [1.29, 1.82) is 0 Å². The monoisotopic (exact) mass is 305 g/mol. The lowest BCUT2D eigenvalue weighted by Gasteiger charge is -2.25. The normalized spacial score (nSPS) is 16.4. The predicted molar refractivity (Wildman–Crippen MR) is 86.8 cm³/mol. The van der Waals surface area contributed by atoms with Crippen LogP contribution in [0.4, 0.5) is 0 Å². The minimum Gasteiger partial charge on any atom is -0.389 e. The Hall–Kier alpha value is -1.39. The van der Waals surface area contributed by atoms with Crippen LogP contribution in [0, 0.1) is 12.8 Å². The fourth-order valence-corrected chi connectivity index (χ4v) is 2.25. The van der Waals surface area contributed by atoms with Gasteiger partial charge in [0.2, 0.25) is 5.91 Å². The molecule has 1 aliphatic carbocycles. The van der Waals surface area contributed by atoms with Crippen molar-refractivity contribution < 1.29 is 14.6 Å². The largest absolute Gasteiger partial charge is 0.389 e. The molecule has 2 rings (SSSR count). The van der Waals surface area contributed by atoms with Crippen LogP contribution in [0.15, 0.2) is 24.3 Å². The number of carbonyl (C=O) groups is 1. The van der Waals surface area contributed by atoms with Gasteiger partial charge >= 0.3 is 0 Å². The highest BCUT2D eigenvalue weighted by molar-refractivity contribution is 5.87. The molecule has 1 fully saturated rings. The van der Waals surface area contributed by atoms with Gasteiger partial charge < -0.3 is 15.2 Å². The zero-order chi connectivity index (χ0) is 16.2. The number of hydrogen-bond acceptors (Lipinski definition) is 3. The van der Waals surface area contributed by atoms with E-state index < -0.39 is 11.5 Å². The second-order valence-corrected chi connectivity index (χ2v) is 6.84. The van der Waals surface area contributed by atoms with Gasteiger partial charge in [0.25, 0.3) is 0 Å². The maximum Gasteiger partial charge on any atom is 0.230 e. The Balaban J connectivity index is 1.77. The summed E-state index contributed by atoms with van der Waals surface area (Å²) < 4.78 is 5.43. The summed E-state index contributed by atoms with van der Waals surface area (Å²) in [6, 6.07) is 7.96. The third-order valence-corrected chi connectivity index (χ3v) is 4.20. The number of amides is 1. The Bertz CT molecular complexity index is 492. The second kappa shape index (κ2) is 7.25.